The molecule has 1 amide bonds. The van der Waals surface area contributed by atoms with E-state index in [0.717, 1.165) is 48.5 Å². The normalized spacial score (nSPS) is 16.4. The van der Waals surface area contributed by atoms with Gasteiger partial charge in [-0.1, -0.05) is 47.6 Å². The lowest BCUT2D eigenvalue weighted by Crippen LogP contribution is -2.41. The molecule has 1 unspecified atom stereocenters. The van der Waals surface area contributed by atoms with Gasteiger partial charge in [0, 0.05) is 12.0 Å². The van der Waals surface area contributed by atoms with E-state index in [1.54, 1.807) is 13.0 Å². The van der Waals surface area contributed by atoms with Gasteiger partial charge in [0.2, 0.25) is 5.91 Å². The van der Waals surface area contributed by atoms with Crippen molar-refractivity contribution in [3.8, 4) is 0 Å². The van der Waals surface area contributed by atoms with Crippen LogP contribution in [0.4, 0.5) is 5.82 Å². The minimum Gasteiger partial charge on any atom is -0.440 e. The molecule has 4 aromatic rings. The minimum atomic E-state index is -0.400. The molecular weight excluding hydrogens is 392 g/mol. The fraction of sp³-hybridized carbons (Fsp3) is 0.292. The fourth-order valence-electron chi connectivity index (χ4n) is 4.25. The van der Waals surface area contributed by atoms with Crippen molar-refractivity contribution in [1.29, 1.82) is 0 Å². The smallest absolute Gasteiger partial charge is 0.247 e. The molecule has 7 heteroatoms. The van der Waals surface area contributed by atoms with Gasteiger partial charge in [-0.3, -0.25) is 9.69 Å². The van der Waals surface area contributed by atoms with Gasteiger partial charge in [-0.05, 0) is 50.6 Å². The predicted octanol–water partition coefficient (Wildman–Crippen LogP) is 4.68. The van der Waals surface area contributed by atoms with Crippen molar-refractivity contribution in [3.05, 3.63) is 77.9 Å². The molecular formula is C24H24N4O3. The molecule has 1 saturated heterocycles. The van der Waals surface area contributed by atoms with Crippen molar-refractivity contribution in [1.82, 2.24) is 15.0 Å². The van der Waals surface area contributed by atoms with E-state index in [1.165, 1.54) is 0 Å². The number of carbonyl (C=O) groups excluding carboxylic acids is 1. The van der Waals surface area contributed by atoms with Gasteiger partial charge >= 0.3 is 0 Å². The molecule has 5 rings (SSSR count). The van der Waals surface area contributed by atoms with E-state index < -0.39 is 6.04 Å². The highest BCUT2D eigenvalue weighted by molar-refractivity contribution is 5.94. The number of hydrogen-bond donors (Lipinski definition) is 1. The Morgan fingerprint density at radius 3 is 2.55 bits per heavy atom. The third kappa shape index (κ3) is 4.09. The number of carbonyl (C=O) groups is 1. The lowest BCUT2D eigenvalue weighted by atomic mass is 9.93. The van der Waals surface area contributed by atoms with Crippen LogP contribution in [0.25, 0.3) is 11.1 Å². The molecule has 0 bridgehead atoms. The van der Waals surface area contributed by atoms with E-state index >= 15 is 0 Å². The second-order valence-corrected chi connectivity index (χ2v) is 7.96. The molecule has 1 atom stereocenters. The number of para-hydroxylation sites is 2. The summed E-state index contributed by atoms with van der Waals surface area (Å²) in [4.78, 5) is 20.1. The first kappa shape index (κ1) is 19.5. The minimum absolute atomic E-state index is 0.111. The van der Waals surface area contributed by atoms with Crippen molar-refractivity contribution in [2.24, 2.45) is 0 Å². The quantitative estimate of drug-likeness (QED) is 0.508. The van der Waals surface area contributed by atoms with E-state index in [9.17, 15) is 4.79 Å². The summed E-state index contributed by atoms with van der Waals surface area (Å²) in [5.74, 6) is 2.02. The number of oxazole rings is 1. The summed E-state index contributed by atoms with van der Waals surface area (Å²) >= 11 is 0. The second kappa shape index (κ2) is 8.35. The number of amides is 1. The molecule has 3 heterocycles. The van der Waals surface area contributed by atoms with E-state index in [4.69, 9.17) is 8.94 Å². The Bertz CT molecular complexity index is 1140. The van der Waals surface area contributed by atoms with Crippen LogP contribution in [-0.4, -0.2) is 34.0 Å². The molecule has 2 aromatic carbocycles. The predicted molar refractivity (Wildman–Crippen MR) is 117 cm³/mol. The maximum atomic E-state index is 13.2. The van der Waals surface area contributed by atoms with Crippen molar-refractivity contribution in [2.75, 3.05) is 18.4 Å². The van der Waals surface area contributed by atoms with Crippen LogP contribution < -0.4 is 5.32 Å². The number of aryl methyl sites for hydroxylation is 1. The summed E-state index contributed by atoms with van der Waals surface area (Å²) in [5, 5.41) is 6.81. The fourth-order valence-corrected chi connectivity index (χ4v) is 4.25. The average molecular weight is 416 g/mol. The zero-order valence-corrected chi connectivity index (χ0v) is 17.3. The maximum Gasteiger partial charge on any atom is 0.247 e. The second-order valence-electron chi connectivity index (χ2n) is 7.96. The molecule has 0 aliphatic carbocycles. The summed E-state index contributed by atoms with van der Waals surface area (Å²) in [7, 11) is 0. The van der Waals surface area contributed by atoms with Gasteiger partial charge in [-0.25, -0.2) is 4.98 Å². The van der Waals surface area contributed by atoms with Crippen LogP contribution >= 0.6 is 0 Å². The topological polar surface area (TPSA) is 84.4 Å². The highest BCUT2D eigenvalue weighted by atomic mass is 16.5. The van der Waals surface area contributed by atoms with Gasteiger partial charge in [-0.15, -0.1) is 0 Å². The summed E-state index contributed by atoms with van der Waals surface area (Å²) < 4.78 is 11.1. The number of rotatable bonds is 5. The average Bonchev–Trinajstić information content (AvgIpc) is 3.41. The van der Waals surface area contributed by atoms with Crippen LogP contribution in [0.5, 0.6) is 0 Å². The van der Waals surface area contributed by atoms with Gasteiger partial charge in [0.1, 0.15) is 17.3 Å². The van der Waals surface area contributed by atoms with E-state index in [1.807, 2.05) is 54.6 Å². The zero-order valence-electron chi connectivity index (χ0n) is 17.3. The summed E-state index contributed by atoms with van der Waals surface area (Å²) in [6.07, 6.45) is 1.76. The number of anilines is 1. The van der Waals surface area contributed by atoms with Crippen LogP contribution in [0.15, 0.2) is 69.6 Å². The lowest BCUT2D eigenvalue weighted by Gasteiger charge is -2.36. The largest absolute Gasteiger partial charge is 0.440 e. The molecule has 1 aliphatic heterocycles. The SMILES string of the molecule is Cc1cc(NC(=O)C(c2ccccc2)N2CCC(c3nc4ccccc4o3)CC2)no1. The molecule has 0 spiro atoms. The molecule has 31 heavy (non-hydrogen) atoms. The van der Waals surface area contributed by atoms with Crippen molar-refractivity contribution in [2.45, 2.75) is 31.7 Å². The standard InChI is InChI=1S/C24H24N4O3/c1-16-15-21(27-31-16)26-23(29)22(17-7-3-2-4-8-17)28-13-11-18(12-14-28)24-25-19-9-5-6-10-20(19)30-24/h2-10,15,18,22H,11-14H2,1H3,(H,26,27,29). The maximum absolute atomic E-state index is 13.2. The number of nitrogens with zero attached hydrogens (tertiary/aromatic N) is 3. The monoisotopic (exact) mass is 416 g/mol. The highest BCUT2D eigenvalue weighted by Crippen LogP contribution is 2.34. The summed E-state index contributed by atoms with van der Waals surface area (Å²) in [5.41, 5.74) is 2.68. The Hall–Kier alpha value is -3.45. The Balaban J connectivity index is 1.33. The number of benzene rings is 2. The van der Waals surface area contributed by atoms with Gasteiger partial charge in [0.05, 0.1) is 0 Å². The molecule has 158 valence electrons. The van der Waals surface area contributed by atoms with Crippen molar-refractivity contribution >= 4 is 22.8 Å². The van der Waals surface area contributed by atoms with Crippen LogP contribution in [0.3, 0.4) is 0 Å². The number of fused-ring (bicyclic) bond motifs is 1. The van der Waals surface area contributed by atoms with Crippen LogP contribution in [0, 0.1) is 6.92 Å². The van der Waals surface area contributed by atoms with Crippen LogP contribution in [0.2, 0.25) is 0 Å². The third-order valence-electron chi connectivity index (χ3n) is 5.80. The number of hydrogen-bond acceptors (Lipinski definition) is 6. The summed E-state index contributed by atoms with van der Waals surface area (Å²) in [6, 6.07) is 19.0. The highest BCUT2D eigenvalue weighted by Gasteiger charge is 2.33. The van der Waals surface area contributed by atoms with Gasteiger partial charge in [0.15, 0.2) is 17.3 Å². The van der Waals surface area contributed by atoms with Gasteiger partial charge in [-0.2, -0.15) is 0 Å². The Kier molecular flexibility index (Phi) is 5.26. The molecule has 0 saturated carbocycles. The van der Waals surface area contributed by atoms with E-state index in [2.05, 4.69) is 20.4 Å². The van der Waals surface area contributed by atoms with Crippen molar-refractivity contribution < 1.29 is 13.7 Å². The first-order valence-corrected chi connectivity index (χ1v) is 10.6. The van der Waals surface area contributed by atoms with Crippen LogP contribution in [-0.2, 0) is 4.79 Å². The number of aromatic nitrogens is 2. The summed E-state index contributed by atoms with van der Waals surface area (Å²) in [6.45, 7) is 3.34. The Morgan fingerprint density at radius 1 is 1.10 bits per heavy atom. The third-order valence-corrected chi connectivity index (χ3v) is 5.80. The molecule has 1 N–H and O–H groups in total. The molecule has 1 aliphatic rings. The Labute approximate surface area is 180 Å². The molecule has 1 fully saturated rings. The van der Waals surface area contributed by atoms with E-state index in [-0.39, 0.29) is 11.8 Å². The van der Waals surface area contributed by atoms with E-state index in [0.29, 0.717) is 11.6 Å². The van der Waals surface area contributed by atoms with Crippen LogP contribution in [0.1, 0.15) is 42.0 Å². The Morgan fingerprint density at radius 2 is 1.84 bits per heavy atom. The first-order chi connectivity index (χ1) is 15.2. The number of nitrogens with one attached hydrogen (secondary N) is 1. The lowest BCUT2D eigenvalue weighted by molar-refractivity contribution is -0.122. The molecule has 2 aromatic heterocycles. The number of likely N-dealkylation sites (tertiary alicyclic amines) is 1. The molecule has 0 radical (unpaired) electrons. The zero-order chi connectivity index (χ0) is 21.2. The number of piperidine rings is 1. The first-order valence-electron chi connectivity index (χ1n) is 10.6. The van der Waals surface area contributed by atoms with Crippen molar-refractivity contribution in [3.63, 3.8) is 0 Å². The van der Waals surface area contributed by atoms with Gasteiger partial charge < -0.3 is 14.3 Å². The van der Waals surface area contributed by atoms with Gasteiger partial charge in [0.25, 0.3) is 0 Å². The molecule has 7 nitrogen and oxygen atoms in total.